The molecule has 1 aromatic rings. The third-order valence-corrected chi connectivity index (χ3v) is 3.61. The Bertz CT molecular complexity index is 502. The molecular formula is C14H15BrNO2Y-. The van der Waals surface area contributed by atoms with Crippen LogP contribution in [0.1, 0.15) is 25.3 Å². The number of methoxy groups -OCH3 is 1. The van der Waals surface area contributed by atoms with Gasteiger partial charge in [-0.15, -0.1) is 23.7 Å². The molecule has 1 aromatic carbocycles. The van der Waals surface area contributed by atoms with Crippen molar-refractivity contribution < 1.29 is 42.2 Å². The number of benzene rings is 1. The van der Waals surface area contributed by atoms with Gasteiger partial charge in [0.25, 0.3) is 0 Å². The van der Waals surface area contributed by atoms with Crippen LogP contribution in [0.25, 0.3) is 5.70 Å². The van der Waals surface area contributed by atoms with E-state index in [0.717, 1.165) is 21.5 Å². The van der Waals surface area contributed by atoms with E-state index in [1.165, 1.54) is 0 Å². The van der Waals surface area contributed by atoms with E-state index in [1.807, 2.05) is 25.1 Å². The van der Waals surface area contributed by atoms with Gasteiger partial charge in [-0.2, -0.15) is 0 Å². The van der Waals surface area contributed by atoms with Crippen LogP contribution in [0.3, 0.4) is 0 Å². The average Bonchev–Trinajstić information content (AvgIpc) is 2.38. The molecule has 0 saturated heterocycles. The Balaban J connectivity index is 0.00000180. The molecule has 0 aliphatic carbocycles. The molecule has 0 fully saturated rings. The van der Waals surface area contributed by atoms with Crippen molar-refractivity contribution in [3.8, 4) is 5.75 Å². The second-order valence-electron chi connectivity index (χ2n) is 4.01. The molecule has 0 bridgehead atoms. The van der Waals surface area contributed by atoms with Crippen molar-refractivity contribution in [3.05, 3.63) is 34.3 Å². The summed E-state index contributed by atoms with van der Waals surface area (Å²) in [6.45, 7) is 2.64. The van der Waals surface area contributed by atoms with Gasteiger partial charge in [-0.05, 0) is 19.1 Å². The van der Waals surface area contributed by atoms with Gasteiger partial charge in [0, 0.05) is 45.7 Å². The van der Waals surface area contributed by atoms with Crippen molar-refractivity contribution in [1.29, 1.82) is 0 Å². The van der Waals surface area contributed by atoms with Gasteiger partial charge in [0.2, 0.25) is 5.91 Å². The Morgan fingerprint density at radius 3 is 2.79 bits per heavy atom. The molecular weight excluding hydrogens is 383 g/mol. The molecule has 0 saturated carbocycles. The topological polar surface area (TPSA) is 29.5 Å². The number of carbonyl (C=O) groups excluding carboxylic acids is 1. The van der Waals surface area contributed by atoms with Gasteiger partial charge in [-0.3, -0.25) is 4.79 Å². The average molecular weight is 398 g/mol. The number of nitrogens with zero attached hydrogens (tertiary/aromatic N) is 1. The van der Waals surface area contributed by atoms with Crippen molar-refractivity contribution in [1.82, 2.24) is 4.90 Å². The standard InChI is InChI=1S/C14H15BrNO2.Y/c1-3-16-13(5-4-6-14(16)17)11-8-7-10(18-2)9-12(11)15;/h7-9H,3-4,6H2,1-2H3;/q-1;. The molecule has 0 spiro atoms. The minimum absolute atomic E-state index is 0. The first-order valence-corrected chi connectivity index (χ1v) is 6.71. The molecule has 0 unspecified atom stereocenters. The van der Waals surface area contributed by atoms with E-state index in [-0.39, 0.29) is 38.6 Å². The summed E-state index contributed by atoms with van der Waals surface area (Å²) >= 11 is 3.52. The maximum absolute atomic E-state index is 11.9. The van der Waals surface area contributed by atoms with Crippen LogP contribution < -0.4 is 4.74 Å². The second kappa shape index (κ2) is 7.56. The van der Waals surface area contributed by atoms with Gasteiger partial charge in [0.05, 0.1) is 7.11 Å². The quantitative estimate of drug-likeness (QED) is 0.732. The molecule has 0 aromatic heterocycles. The van der Waals surface area contributed by atoms with Crippen molar-refractivity contribution in [3.63, 3.8) is 0 Å². The molecule has 19 heavy (non-hydrogen) atoms. The van der Waals surface area contributed by atoms with Crippen LogP contribution in [-0.2, 0) is 37.5 Å². The van der Waals surface area contributed by atoms with Gasteiger partial charge in [0.1, 0.15) is 5.75 Å². The summed E-state index contributed by atoms with van der Waals surface area (Å²) < 4.78 is 6.09. The minimum Gasteiger partial charge on any atom is -0.497 e. The molecule has 0 atom stereocenters. The van der Waals surface area contributed by atoms with E-state index in [0.29, 0.717) is 19.4 Å². The van der Waals surface area contributed by atoms with Gasteiger partial charge in [-0.1, -0.05) is 20.4 Å². The smallest absolute Gasteiger partial charge is 0.223 e. The van der Waals surface area contributed by atoms with E-state index in [1.54, 1.807) is 12.0 Å². The summed E-state index contributed by atoms with van der Waals surface area (Å²) in [7, 11) is 1.63. The van der Waals surface area contributed by atoms with Crippen LogP contribution >= 0.6 is 15.9 Å². The van der Waals surface area contributed by atoms with E-state index in [4.69, 9.17) is 4.74 Å². The van der Waals surface area contributed by atoms with Gasteiger partial charge >= 0.3 is 0 Å². The Kier molecular flexibility index (Phi) is 6.71. The summed E-state index contributed by atoms with van der Waals surface area (Å²) in [5.74, 6) is 0.949. The van der Waals surface area contributed by atoms with Crippen LogP contribution in [0.2, 0.25) is 0 Å². The van der Waals surface area contributed by atoms with Crippen LogP contribution in [0, 0.1) is 6.08 Å². The molecule has 1 aliphatic heterocycles. The van der Waals surface area contributed by atoms with Crippen molar-refractivity contribution in [2.45, 2.75) is 19.8 Å². The normalized spacial score (nSPS) is 14.8. The fraction of sp³-hybridized carbons (Fsp3) is 0.357. The molecule has 1 radical (unpaired) electrons. The molecule has 1 amide bonds. The van der Waals surface area contributed by atoms with Crippen molar-refractivity contribution >= 4 is 27.5 Å². The number of hydrogen-bond acceptors (Lipinski definition) is 2. The summed E-state index contributed by atoms with van der Waals surface area (Å²) in [4.78, 5) is 13.6. The Labute approximate surface area is 147 Å². The molecule has 99 valence electrons. The summed E-state index contributed by atoms with van der Waals surface area (Å²) in [6, 6.07) is 5.74. The third kappa shape index (κ3) is 3.68. The molecule has 5 heteroatoms. The van der Waals surface area contributed by atoms with Crippen LogP contribution in [0.5, 0.6) is 5.75 Å². The van der Waals surface area contributed by atoms with E-state index >= 15 is 0 Å². The van der Waals surface area contributed by atoms with Crippen LogP contribution in [0.15, 0.2) is 22.7 Å². The van der Waals surface area contributed by atoms with Crippen LogP contribution in [0.4, 0.5) is 0 Å². The predicted molar refractivity (Wildman–Crippen MR) is 74.0 cm³/mol. The largest absolute Gasteiger partial charge is 0.497 e. The zero-order chi connectivity index (χ0) is 13.1. The number of carbonyl (C=O) groups is 1. The van der Waals surface area contributed by atoms with Gasteiger partial charge in [-0.25, -0.2) is 6.08 Å². The minimum atomic E-state index is 0. The number of allylic oxidation sites excluding steroid dienone is 1. The molecule has 3 nitrogen and oxygen atoms in total. The number of rotatable bonds is 3. The van der Waals surface area contributed by atoms with E-state index < -0.39 is 0 Å². The molecule has 0 N–H and O–H groups in total. The monoisotopic (exact) mass is 397 g/mol. The molecule has 1 heterocycles. The molecule has 2 rings (SSSR count). The van der Waals surface area contributed by atoms with Gasteiger partial charge < -0.3 is 9.64 Å². The summed E-state index contributed by atoms with van der Waals surface area (Å²) in [5, 5.41) is 0. The maximum atomic E-state index is 11.9. The first-order valence-electron chi connectivity index (χ1n) is 5.92. The van der Waals surface area contributed by atoms with E-state index in [9.17, 15) is 4.79 Å². The number of amides is 1. The fourth-order valence-electron chi connectivity index (χ4n) is 2.03. The summed E-state index contributed by atoms with van der Waals surface area (Å²) in [5.41, 5.74) is 1.84. The maximum Gasteiger partial charge on any atom is 0.223 e. The number of halogens is 1. The Hall–Kier alpha value is -0.186. The van der Waals surface area contributed by atoms with Crippen LogP contribution in [-0.4, -0.2) is 24.5 Å². The van der Waals surface area contributed by atoms with Crippen molar-refractivity contribution in [2.24, 2.45) is 0 Å². The predicted octanol–water partition coefficient (Wildman–Crippen LogP) is 3.24. The summed E-state index contributed by atoms with van der Waals surface area (Å²) in [6.07, 6.45) is 4.53. The first kappa shape index (κ1) is 16.9. The SMILES string of the molecule is CCN1C(=O)CC[C-]=C1c1ccc(OC)cc1Br.[Y]. The van der Waals surface area contributed by atoms with Crippen molar-refractivity contribution in [2.75, 3.05) is 13.7 Å². The van der Waals surface area contributed by atoms with E-state index in [2.05, 4.69) is 22.0 Å². The fourth-order valence-corrected chi connectivity index (χ4v) is 2.58. The number of hydrogen-bond donors (Lipinski definition) is 0. The Morgan fingerprint density at radius 2 is 2.21 bits per heavy atom. The Morgan fingerprint density at radius 1 is 1.47 bits per heavy atom. The molecule has 1 aliphatic rings. The zero-order valence-corrected chi connectivity index (χ0v) is 15.5. The second-order valence-corrected chi connectivity index (χ2v) is 4.86. The first-order chi connectivity index (χ1) is 8.67. The number of ether oxygens (including phenoxy) is 1. The zero-order valence-electron chi connectivity index (χ0n) is 11.1. The van der Waals surface area contributed by atoms with Gasteiger partial charge in [0.15, 0.2) is 0 Å². The third-order valence-electron chi connectivity index (χ3n) is 2.95.